The molecule has 10 amide bonds. The molecule has 4 saturated heterocycles. The zero-order valence-electron chi connectivity index (χ0n) is 49.3. The Labute approximate surface area is 493 Å². The molecular weight excluding hydrogens is 1110 g/mol. The van der Waals surface area contributed by atoms with E-state index in [4.69, 9.17) is 40.0 Å². The van der Waals surface area contributed by atoms with E-state index in [0.717, 1.165) is 5.57 Å². The number of aliphatic hydroxyl groups excluding tert-OH is 1. The number of hydroxylamine groups is 2. The Kier molecular flexibility index (Phi) is 26.0. The molecule has 0 saturated carbocycles. The van der Waals surface area contributed by atoms with Crippen LogP contribution in [-0.4, -0.2) is 149 Å². The van der Waals surface area contributed by atoms with E-state index in [1.54, 1.807) is 26.8 Å². The highest BCUT2D eigenvalue weighted by molar-refractivity contribution is 6.04. The summed E-state index contributed by atoms with van der Waals surface area (Å²) < 4.78 is 28.5. The molecule has 85 heavy (non-hydrogen) atoms. The molecule has 4 aliphatic heterocycles. The number of aliphatic hydroxyl groups is 1. The second-order valence-electron chi connectivity index (χ2n) is 22.2. The standard InChI is InChI=1S/C58H83N9O18/c1-33(2)52(63-46(69)13-9-8-10-14-51(74)85-67-49(72)25-26-50(67)73)55(77)66(43(54(59)76)12-11-27-61-56(60)78)40-20-18-39(19-21-40)31-80-57(79)65-64-48(71)29-41-30-58(32-81-58)53(75)45(84-41)23-16-34(3)15-22-44-35(4)28-42(37(6)83-44)62-47(70)24-17-36(5)82-38(7)68/h15-21,23-24,33,35-37,41-45,52-53,75H,8-14,22,25-32H2,1-7H3,(H2,59,76)(H,62,70)(H,63,69)(H,64,71)(H,65,79)(H3,60,61,78)/b23-16+,24-17-,34-15+/t35-,36-,37+,41+,42+,43-,44-,45+,52-,53+,58+/m0/s1. The van der Waals surface area contributed by atoms with Gasteiger partial charge in [0.15, 0.2) is 0 Å². The number of carbonyl (C=O) groups excluding carboxylic acids is 11. The van der Waals surface area contributed by atoms with Crippen molar-refractivity contribution < 1.29 is 86.4 Å². The van der Waals surface area contributed by atoms with Crippen molar-refractivity contribution in [1.82, 2.24) is 31.9 Å². The number of allylic oxidation sites excluding steroid dienone is 2. The molecule has 0 bridgehead atoms. The molecule has 5 rings (SSSR count). The highest BCUT2D eigenvalue weighted by atomic mass is 16.7. The number of hydrazine groups is 1. The lowest BCUT2D eigenvalue weighted by Gasteiger charge is -2.39. The average molecular weight is 1190 g/mol. The number of imide groups is 1. The molecule has 0 aromatic heterocycles. The van der Waals surface area contributed by atoms with Crippen molar-refractivity contribution >= 4 is 71.1 Å². The lowest BCUT2D eigenvalue weighted by atomic mass is 9.87. The summed E-state index contributed by atoms with van der Waals surface area (Å²) in [5.41, 5.74) is 16.3. The van der Waals surface area contributed by atoms with Crippen molar-refractivity contribution in [3.63, 3.8) is 0 Å². The third-order valence-corrected chi connectivity index (χ3v) is 14.8. The molecule has 468 valence electrons. The van der Waals surface area contributed by atoms with Crippen LogP contribution in [-0.2, 0) is 78.3 Å². The molecule has 0 unspecified atom stereocenters. The topological polar surface area (TPSA) is 385 Å². The number of carbonyl (C=O) groups is 11. The Morgan fingerprint density at radius 3 is 2.21 bits per heavy atom. The minimum atomic E-state index is -1.26. The number of benzene rings is 1. The molecule has 1 aromatic rings. The number of nitrogens with two attached hydrogens (primary N) is 2. The molecule has 10 N–H and O–H groups in total. The predicted octanol–water partition coefficient (Wildman–Crippen LogP) is 2.65. The predicted molar refractivity (Wildman–Crippen MR) is 303 cm³/mol. The first-order chi connectivity index (χ1) is 40.2. The van der Waals surface area contributed by atoms with Gasteiger partial charge in [0.2, 0.25) is 23.6 Å². The largest absolute Gasteiger partial charge is 0.459 e. The van der Waals surface area contributed by atoms with Gasteiger partial charge in [0.1, 0.15) is 42.6 Å². The van der Waals surface area contributed by atoms with E-state index < -0.39 is 108 Å². The first kappa shape index (κ1) is 68.0. The van der Waals surface area contributed by atoms with E-state index in [0.29, 0.717) is 42.7 Å². The fourth-order valence-electron chi connectivity index (χ4n) is 10.0. The number of ether oxygens (including phenoxy) is 5. The van der Waals surface area contributed by atoms with E-state index in [2.05, 4.69) is 33.7 Å². The molecule has 1 spiro atoms. The van der Waals surface area contributed by atoms with Crippen LogP contribution in [0.4, 0.5) is 15.3 Å². The lowest BCUT2D eigenvalue weighted by Crippen LogP contribution is -2.57. The molecular formula is C58H83N9O18. The zero-order chi connectivity index (χ0) is 62.5. The van der Waals surface area contributed by atoms with Gasteiger partial charge >= 0.3 is 24.1 Å². The summed E-state index contributed by atoms with van der Waals surface area (Å²) in [4.78, 5) is 144. The Bertz CT molecular complexity index is 2640. The first-order valence-corrected chi connectivity index (χ1v) is 28.7. The Morgan fingerprint density at radius 2 is 1.58 bits per heavy atom. The number of amides is 10. The highest BCUT2D eigenvalue weighted by Gasteiger charge is 2.58. The van der Waals surface area contributed by atoms with Crippen LogP contribution >= 0.6 is 0 Å². The molecule has 0 radical (unpaired) electrons. The van der Waals surface area contributed by atoms with Crippen molar-refractivity contribution in [3.05, 3.63) is 65.8 Å². The monoisotopic (exact) mass is 1190 g/mol. The number of anilines is 1. The van der Waals surface area contributed by atoms with Gasteiger partial charge in [0, 0.05) is 57.3 Å². The van der Waals surface area contributed by atoms with E-state index in [1.165, 1.54) is 48.2 Å². The molecule has 0 aliphatic carbocycles. The number of nitrogens with one attached hydrogen (secondary N) is 5. The summed E-state index contributed by atoms with van der Waals surface area (Å²) in [5.74, 6) is -5.70. The summed E-state index contributed by atoms with van der Waals surface area (Å²) in [6.45, 7) is 12.3. The maximum Gasteiger partial charge on any atom is 0.426 e. The third-order valence-electron chi connectivity index (χ3n) is 14.8. The van der Waals surface area contributed by atoms with E-state index in [1.807, 2.05) is 26.0 Å². The van der Waals surface area contributed by atoms with Crippen LogP contribution in [0, 0.1) is 11.8 Å². The maximum absolute atomic E-state index is 14.5. The molecule has 4 fully saturated rings. The summed E-state index contributed by atoms with van der Waals surface area (Å²) in [5, 5.41) is 19.8. The van der Waals surface area contributed by atoms with Gasteiger partial charge in [-0.2, -0.15) is 0 Å². The van der Waals surface area contributed by atoms with Gasteiger partial charge in [0.05, 0.1) is 37.4 Å². The number of hydrogen-bond acceptors (Lipinski definition) is 18. The number of epoxide rings is 1. The molecule has 27 nitrogen and oxygen atoms in total. The van der Waals surface area contributed by atoms with Gasteiger partial charge in [-0.1, -0.05) is 63.1 Å². The van der Waals surface area contributed by atoms with Crippen LogP contribution in [0.2, 0.25) is 0 Å². The van der Waals surface area contributed by atoms with Crippen LogP contribution in [0.3, 0.4) is 0 Å². The van der Waals surface area contributed by atoms with Gasteiger partial charge in [-0.05, 0) is 94.9 Å². The summed E-state index contributed by atoms with van der Waals surface area (Å²) in [7, 11) is 0. The number of rotatable bonds is 29. The third kappa shape index (κ3) is 21.7. The summed E-state index contributed by atoms with van der Waals surface area (Å²) in [6, 6.07) is 2.65. The molecule has 11 atom stereocenters. The summed E-state index contributed by atoms with van der Waals surface area (Å²) >= 11 is 0. The van der Waals surface area contributed by atoms with Crippen LogP contribution < -0.4 is 43.2 Å². The molecule has 4 aliphatic rings. The fourth-order valence-corrected chi connectivity index (χ4v) is 10.0. The number of unbranched alkanes of at least 4 members (excludes halogenated alkanes) is 2. The van der Waals surface area contributed by atoms with Gasteiger partial charge in [-0.25, -0.2) is 19.8 Å². The highest BCUT2D eigenvalue weighted by Crippen LogP contribution is 2.43. The molecule has 1 aromatic carbocycles. The number of hydrogen-bond donors (Lipinski definition) is 8. The van der Waals surface area contributed by atoms with Crippen molar-refractivity contribution in [1.29, 1.82) is 0 Å². The Morgan fingerprint density at radius 1 is 0.894 bits per heavy atom. The SMILES string of the molecule is CC(=O)O[C@@H](C)/C=C\C(=O)N[C@@H]1C[C@H](C)[C@H](C/C=C(C)/C=C/[C@H]2O[C@H](CC(=O)NNC(=O)OCc3ccc(N(C(=O)[C@@H](NC(=O)CCCCCC(=O)ON4C(=O)CCC4=O)C(C)C)[C@@H](CCCNC(N)=O)C(N)=O)cc3)C[C@@]3(CO3)[C@@H]2O)O[C@@H]1C. The Hall–Kier alpha value is -7.75. The molecule has 4 heterocycles. The molecule has 27 heteroatoms. The smallest absolute Gasteiger partial charge is 0.426 e. The number of primary amides is 2. The van der Waals surface area contributed by atoms with Gasteiger partial charge < -0.3 is 61.0 Å². The average Bonchev–Trinajstić information content (AvgIpc) is 1.74. The lowest BCUT2D eigenvalue weighted by molar-refractivity contribution is -0.197. The second kappa shape index (κ2) is 32.5. The van der Waals surface area contributed by atoms with Gasteiger partial charge in [0.25, 0.3) is 17.7 Å². The number of nitrogens with zero attached hydrogens (tertiary/aromatic N) is 2. The van der Waals surface area contributed by atoms with Crippen LogP contribution in [0.15, 0.2) is 60.2 Å². The minimum absolute atomic E-state index is 0.00909. The van der Waals surface area contributed by atoms with Crippen molar-refractivity contribution in [2.45, 2.75) is 199 Å². The van der Waals surface area contributed by atoms with Crippen molar-refractivity contribution in [2.24, 2.45) is 23.3 Å². The maximum atomic E-state index is 14.5. The van der Waals surface area contributed by atoms with E-state index in [-0.39, 0.29) is 107 Å². The first-order valence-electron chi connectivity index (χ1n) is 28.7. The zero-order valence-corrected chi connectivity index (χ0v) is 49.3. The summed E-state index contributed by atoms with van der Waals surface area (Å²) in [6.07, 6.45) is 6.31. The quantitative estimate of drug-likeness (QED) is 0.0109. The van der Waals surface area contributed by atoms with Crippen molar-refractivity contribution in [3.8, 4) is 0 Å². The minimum Gasteiger partial charge on any atom is -0.459 e. The second-order valence-corrected chi connectivity index (χ2v) is 22.2. The van der Waals surface area contributed by atoms with Gasteiger partial charge in [-0.3, -0.25) is 48.7 Å². The fraction of sp³-hybridized carbons (Fsp3) is 0.603. The van der Waals surface area contributed by atoms with E-state index >= 15 is 0 Å². The van der Waals surface area contributed by atoms with Crippen LogP contribution in [0.25, 0.3) is 0 Å². The van der Waals surface area contributed by atoms with Crippen molar-refractivity contribution in [2.75, 3.05) is 18.1 Å². The number of urea groups is 1. The van der Waals surface area contributed by atoms with E-state index in [9.17, 15) is 57.8 Å². The van der Waals surface area contributed by atoms with Gasteiger partial charge in [-0.15, -0.1) is 5.06 Å². The number of esters is 1. The van der Waals surface area contributed by atoms with Crippen LogP contribution in [0.1, 0.15) is 138 Å². The normalized spacial score (nSPS) is 24.1. The Balaban J connectivity index is 1.10. The van der Waals surface area contributed by atoms with Crippen LogP contribution in [0.5, 0.6) is 0 Å².